The van der Waals surface area contributed by atoms with E-state index >= 15 is 0 Å². The van der Waals surface area contributed by atoms with Crippen LogP contribution < -0.4 is 0 Å². The van der Waals surface area contributed by atoms with Crippen LogP contribution >= 0.6 is 0 Å². The molecule has 0 aromatic carbocycles. The van der Waals surface area contributed by atoms with Crippen molar-refractivity contribution in [1.29, 1.82) is 0 Å². The Labute approximate surface area is 49.3 Å². The third-order valence-corrected chi connectivity index (χ3v) is 4.02. The van der Waals surface area contributed by atoms with Crippen molar-refractivity contribution in [3.05, 3.63) is 6.42 Å². The zero-order chi connectivity index (χ0) is 4.88. The maximum atomic E-state index is 2.66. The molecule has 4 saturated carbocycles. The second-order valence-electron chi connectivity index (χ2n) is 4.07. The zero-order valence-corrected chi connectivity index (χ0v) is 4.75. The van der Waals surface area contributed by atoms with E-state index < -0.39 is 0 Å². The first kappa shape index (κ1) is 3.24. The first-order valence-corrected chi connectivity index (χ1v) is 3.82. The Kier molecular flexibility index (Phi) is 0.255. The minimum atomic E-state index is 1.15. The van der Waals surface area contributed by atoms with Crippen LogP contribution in [0.5, 0.6) is 0 Å². The van der Waals surface area contributed by atoms with Crippen LogP contribution in [0.15, 0.2) is 0 Å². The Hall–Kier alpha value is 0. The van der Waals surface area contributed by atoms with Crippen molar-refractivity contribution in [2.75, 3.05) is 0 Å². The summed E-state index contributed by atoms with van der Waals surface area (Å²) in [6, 6.07) is 0. The van der Waals surface area contributed by atoms with E-state index in [9.17, 15) is 0 Å². The Balaban J connectivity index is 2.04. The van der Waals surface area contributed by atoms with Gasteiger partial charge in [-0.1, -0.05) is 0 Å². The lowest BCUT2D eigenvalue weighted by Crippen LogP contribution is -1.96. The van der Waals surface area contributed by atoms with Gasteiger partial charge in [-0.2, -0.15) is 0 Å². The second-order valence-corrected chi connectivity index (χ2v) is 4.07. The number of hydrogen-bond acceptors (Lipinski definition) is 0. The first-order chi connectivity index (χ1) is 3.97. The molecule has 0 heterocycles. The van der Waals surface area contributed by atoms with Crippen molar-refractivity contribution < 1.29 is 0 Å². The fraction of sp³-hybridized carbons (Fsp3) is 0.875. The van der Waals surface area contributed by atoms with Crippen molar-refractivity contribution in [2.24, 2.45) is 35.5 Å². The molecule has 4 rings (SSSR count). The average Bonchev–Trinajstić information content (AvgIpc) is 2.56. The van der Waals surface area contributed by atoms with E-state index in [1.54, 1.807) is 6.42 Å². The third-order valence-electron chi connectivity index (χ3n) is 4.02. The van der Waals surface area contributed by atoms with Gasteiger partial charge in [0.15, 0.2) is 0 Å². The molecule has 0 spiro atoms. The standard InChI is InChI=1S/C8H9/c1-3-5-2-6-4(1)8(6)7(3)5/h1,3-8H,2H2. The van der Waals surface area contributed by atoms with Crippen LogP contribution in [0.25, 0.3) is 0 Å². The summed E-state index contributed by atoms with van der Waals surface area (Å²) in [6.45, 7) is 0. The molecule has 6 atom stereocenters. The van der Waals surface area contributed by atoms with Crippen LogP contribution in [0.1, 0.15) is 6.42 Å². The molecule has 4 aliphatic carbocycles. The molecular formula is C8H9. The third kappa shape index (κ3) is 0.146. The smallest absolute Gasteiger partial charge is 0.0312 e. The number of fused-ring (bicyclic) bond motifs is 2. The van der Waals surface area contributed by atoms with Gasteiger partial charge in [0.25, 0.3) is 0 Å². The Morgan fingerprint density at radius 1 is 1.00 bits per heavy atom. The molecule has 0 aromatic heterocycles. The molecule has 4 aliphatic rings. The van der Waals surface area contributed by atoms with Crippen LogP contribution in [0, 0.1) is 41.9 Å². The molecular weight excluding hydrogens is 96.1 g/mol. The monoisotopic (exact) mass is 105 g/mol. The predicted octanol–water partition coefficient (Wildman–Crippen LogP) is 1.33. The highest BCUT2D eigenvalue weighted by atomic mass is 14.8. The molecule has 6 unspecified atom stereocenters. The minimum Gasteiger partial charge on any atom is -0.0464 e. The molecule has 0 bridgehead atoms. The number of hydrogen-bond donors (Lipinski definition) is 0. The maximum absolute atomic E-state index is 2.66. The second kappa shape index (κ2) is 0.630. The van der Waals surface area contributed by atoms with Crippen LogP contribution in [-0.2, 0) is 0 Å². The lowest BCUT2D eigenvalue weighted by Gasteiger charge is -2.03. The molecule has 0 N–H and O–H groups in total. The van der Waals surface area contributed by atoms with Crippen molar-refractivity contribution in [3.8, 4) is 0 Å². The van der Waals surface area contributed by atoms with Gasteiger partial charge in [0.1, 0.15) is 0 Å². The zero-order valence-electron chi connectivity index (χ0n) is 4.75. The molecule has 0 heteroatoms. The van der Waals surface area contributed by atoms with Gasteiger partial charge >= 0.3 is 0 Å². The van der Waals surface area contributed by atoms with E-state index in [0.29, 0.717) is 0 Å². The number of rotatable bonds is 0. The predicted molar refractivity (Wildman–Crippen MR) is 29.9 cm³/mol. The normalized spacial score (nSPS) is 87.0. The Bertz CT molecular complexity index is 137. The van der Waals surface area contributed by atoms with Gasteiger partial charge in [-0.05, 0) is 48.3 Å². The molecule has 8 heavy (non-hydrogen) atoms. The summed E-state index contributed by atoms with van der Waals surface area (Å²) < 4.78 is 0. The van der Waals surface area contributed by atoms with E-state index in [2.05, 4.69) is 6.42 Å². The van der Waals surface area contributed by atoms with Crippen molar-refractivity contribution in [2.45, 2.75) is 6.42 Å². The molecule has 0 saturated heterocycles. The molecule has 4 fully saturated rings. The van der Waals surface area contributed by atoms with Gasteiger partial charge in [0.2, 0.25) is 0 Å². The van der Waals surface area contributed by atoms with Crippen LogP contribution in [0.4, 0.5) is 0 Å². The molecule has 0 aromatic rings. The summed E-state index contributed by atoms with van der Waals surface area (Å²) in [7, 11) is 0. The summed E-state index contributed by atoms with van der Waals surface area (Å²) in [4.78, 5) is 0. The molecule has 0 aliphatic heterocycles. The summed E-state index contributed by atoms with van der Waals surface area (Å²) in [6.07, 6.45) is 4.29. The largest absolute Gasteiger partial charge is 0.0464 e. The Morgan fingerprint density at radius 2 is 1.62 bits per heavy atom. The highest BCUT2D eigenvalue weighted by Crippen LogP contribution is 2.83. The lowest BCUT2D eigenvalue weighted by atomic mass is 10.0. The van der Waals surface area contributed by atoms with E-state index in [-0.39, 0.29) is 0 Å². The maximum Gasteiger partial charge on any atom is -0.0312 e. The van der Waals surface area contributed by atoms with Gasteiger partial charge in [0.05, 0.1) is 0 Å². The van der Waals surface area contributed by atoms with Crippen molar-refractivity contribution in [1.82, 2.24) is 0 Å². The van der Waals surface area contributed by atoms with Crippen LogP contribution in [-0.4, -0.2) is 0 Å². The first-order valence-electron chi connectivity index (χ1n) is 3.82. The van der Waals surface area contributed by atoms with Gasteiger partial charge in [-0.15, -0.1) is 0 Å². The molecule has 0 amide bonds. The highest BCUT2D eigenvalue weighted by molar-refractivity contribution is 5.33. The molecule has 0 nitrogen and oxygen atoms in total. The summed E-state index contributed by atoms with van der Waals surface area (Å²) in [5.41, 5.74) is 0. The van der Waals surface area contributed by atoms with Crippen molar-refractivity contribution in [3.63, 3.8) is 0 Å². The summed E-state index contributed by atoms with van der Waals surface area (Å²) >= 11 is 0. The van der Waals surface area contributed by atoms with E-state index in [1.165, 1.54) is 23.7 Å². The fourth-order valence-electron chi connectivity index (χ4n) is 3.68. The van der Waals surface area contributed by atoms with Gasteiger partial charge < -0.3 is 0 Å². The average molecular weight is 105 g/mol. The van der Waals surface area contributed by atoms with E-state index in [4.69, 9.17) is 0 Å². The summed E-state index contributed by atoms with van der Waals surface area (Å²) in [5, 5.41) is 0. The van der Waals surface area contributed by atoms with Crippen LogP contribution in [0.3, 0.4) is 0 Å². The topological polar surface area (TPSA) is 0 Å². The lowest BCUT2D eigenvalue weighted by molar-refractivity contribution is 0.540. The van der Waals surface area contributed by atoms with Crippen molar-refractivity contribution >= 4 is 0 Å². The van der Waals surface area contributed by atoms with Gasteiger partial charge in [0, 0.05) is 0 Å². The van der Waals surface area contributed by atoms with E-state index in [1.807, 2.05) is 0 Å². The Morgan fingerprint density at radius 3 is 1.75 bits per heavy atom. The minimum absolute atomic E-state index is 1.15. The van der Waals surface area contributed by atoms with Crippen LogP contribution in [0.2, 0.25) is 0 Å². The molecule has 1 radical (unpaired) electrons. The fourth-order valence-corrected chi connectivity index (χ4v) is 3.68. The van der Waals surface area contributed by atoms with E-state index in [0.717, 1.165) is 11.8 Å². The summed E-state index contributed by atoms with van der Waals surface area (Å²) in [5.74, 6) is 7.21. The SMILES string of the molecule is [CH]1C2C3CC4C1C4C23. The van der Waals surface area contributed by atoms with Gasteiger partial charge in [-0.3, -0.25) is 0 Å². The quantitative estimate of drug-likeness (QED) is 0.436. The highest BCUT2D eigenvalue weighted by Gasteiger charge is 2.78. The van der Waals surface area contributed by atoms with Gasteiger partial charge in [-0.25, -0.2) is 0 Å². The molecule has 41 valence electrons.